The van der Waals surface area contributed by atoms with Gasteiger partial charge in [-0.15, -0.1) is 0 Å². The fourth-order valence-corrected chi connectivity index (χ4v) is 3.20. The van der Waals surface area contributed by atoms with E-state index in [9.17, 15) is 9.59 Å². The van der Waals surface area contributed by atoms with Gasteiger partial charge in [-0.3, -0.25) is 9.59 Å². The third-order valence-corrected chi connectivity index (χ3v) is 4.63. The number of carbonyl (C=O) groups excluding carboxylic acids is 2. The molecule has 0 aliphatic rings. The third kappa shape index (κ3) is 4.05. The van der Waals surface area contributed by atoms with E-state index in [1.807, 2.05) is 71.3 Å². The van der Waals surface area contributed by atoms with Crippen molar-refractivity contribution in [2.75, 3.05) is 0 Å². The molecule has 0 aliphatic heterocycles. The normalized spacial score (nSPS) is 10.8. The summed E-state index contributed by atoms with van der Waals surface area (Å²) in [5.41, 5.74) is 2.19. The number of hydrogen-bond donors (Lipinski definition) is 0. The third-order valence-electron chi connectivity index (χ3n) is 4.63. The molecule has 3 aromatic rings. The lowest BCUT2D eigenvalue weighted by Gasteiger charge is -2.07. The number of pyridine rings is 1. The molecule has 0 radical (unpaired) electrons. The molecule has 0 N–H and O–H groups in total. The van der Waals surface area contributed by atoms with E-state index < -0.39 is 0 Å². The first-order valence-electron chi connectivity index (χ1n) is 9.23. The molecule has 0 bridgehead atoms. The van der Waals surface area contributed by atoms with Crippen LogP contribution in [0.3, 0.4) is 0 Å². The van der Waals surface area contributed by atoms with Gasteiger partial charge in [0.2, 0.25) is 29.3 Å². The Morgan fingerprint density at radius 2 is 1.54 bits per heavy atom. The topological polar surface area (TPSA) is 38.0 Å². The zero-order valence-corrected chi connectivity index (χ0v) is 15.2. The lowest BCUT2D eigenvalue weighted by atomic mass is 10.1. The lowest BCUT2D eigenvalue weighted by Crippen LogP contribution is -2.44. The predicted octanol–water partition coefficient (Wildman–Crippen LogP) is 4.77. The first-order chi connectivity index (χ1) is 12.7. The predicted molar refractivity (Wildman–Crippen MR) is 103 cm³/mol. The number of para-hydroxylation sites is 1. The zero-order chi connectivity index (χ0) is 18.4. The number of unbranched alkanes of at least 4 members (excludes halogenated alkanes) is 2. The summed E-state index contributed by atoms with van der Waals surface area (Å²) in [7, 11) is 0. The van der Waals surface area contributed by atoms with E-state index in [0.29, 0.717) is 17.7 Å². The van der Waals surface area contributed by atoms with Gasteiger partial charge >= 0.3 is 0 Å². The van der Waals surface area contributed by atoms with Gasteiger partial charge in [0.05, 0.1) is 0 Å². The van der Waals surface area contributed by atoms with Crippen LogP contribution in [0.1, 0.15) is 53.5 Å². The molecule has 132 valence electrons. The maximum Gasteiger partial charge on any atom is 0.249 e. The Morgan fingerprint density at radius 3 is 2.31 bits per heavy atom. The van der Waals surface area contributed by atoms with E-state index in [2.05, 4.69) is 6.92 Å². The molecule has 0 atom stereocenters. The highest BCUT2D eigenvalue weighted by Crippen LogP contribution is 2.14. The number of fused-ring (bicyclic) bond motifs is 1. The van der Waals surface area contributed by atoms with Gasteiger partial charge in [-0.05, 0) is 18.6 Å². The molecule has 0 fully saturated rings. The van der Waals surface area contributed by atoms with E-state index >= 15 is 0 Å². The summed E-state index contributed by atoms with van der Waals surface area (Å²) in [6.07, 6.45) is 3.53. The maximum atomic E-state index is 12.8. The van der Waals surface area contributed by atoms with Crippen molar-refractivity contribution in [2.24, 2.45) is 0 Å². The van der Waals surface area contributed by atoms with Gasteiger partial charge in [-0.25, -0.2) is 0 Å². The Kier molecular flexibility index (Phi) is 5.90. The van der Waals surface area contributed by atoms with E-state index in [0.717, 1.165) is 30.2 Å². The standard InChI is InChI=1S/C23H24NO2/c1-2-3-5-14-22(25)21-16-15-18-10-8-9-13-20(18)24(21)17-23(26)19-11-6-4-7-12-19/h4,6-13,15-16H,2-3,5,14,17H2,1H3/q+1. The van der Waals surface area contributed by atoms with Crippen molar-refractivity contribution in [3.05, 3.63) is 78.0 Å². The number of carbonyl (C=O) groups is 2. The number of rotatable bonds is 8. The van der Waals surface area contributed by atoms with Gasteiger partial charge in [0, 0.05) is 29.5 Å². The molecule has 0 unspecified atom stereocenters. The first-order valence-corrected chi connectivity index (χ1v) is 9.23. The molecule has 3 heteroatoms. The minimum absolute atomic E-state index is 0.00885. The van der Waals surface area contributed by atoms with Crippen molar-refractivity contribution in [1.29, 1.82) is 0 Å². The summed E-state index contributed by atoms with van der Waals surface area (Å²) in [5.74, 6) is 0.111. The highest BCUT2D eigenvalue weighted by Gasteiger charge is 2.24. The average Bonchev–Trinajstić information content (AvgIpc) is 2.69. The second-order valence-corrected chi connectivity index (χ2v) is 6.53. The van der Waals surface area contributed by atoms with Gasteiger partial charge < -0.3 is 0 Å². The summed E-state index contributed by atoms with van der Waals surface area (Å²) in [4.78, 5) is 25.5. The van der Waals surface area contributed by atoms with Crippen molar-refractivity contribution in [3.63, 3.8) is 0 Å². The molecule has 3 nitrogen and oxygen atoms in total. The van der Waals surface area contributed by atoms with Crippen LogP contribution in [0.25, 0.3) is 10.9 Å². The second kappa shape index (κ2) is 8.52. The highest BCUT2D eigenvalue weighted by atomic mass is 16.1. The van der Waals surface area contributed by atoms with Crippen LogP contribution in [0, 0.1) is 0 Å². The van der Waals surface area contributed by atoms with Gasteiger partial charge in [-0.1, -0.05) is 62.2 Å². The maximum absolute atomic E-state index is 12.8. The van der Waals surface area contributed by atoms with Crippen molar-refractivity contribution >= 4 is 22.5 Å². The van der Waals surface area contributed by atoms with Crippen LogP contribution in [-0.4, -0.2) is 11.6 Å². The smallest absolute Gasteiger partial charge is 0.249 e. The van der Waals surface area contributed by atoms with E-state index in [1.54, 1.807) is 0 Å². The number of ketones is 2. The summed E-state index contributed by atoms with van der Waals surface area (Å²) in [5, 5.41) is 1.03. The van der Waals surface area contributed by atoms with Crippen molar-refractivity contribution in [3.8, 4) is 0 Å². The van der Waals surface area contributed by atoms with Crippen LogP contribution in [0.2, 0.25) is 0 Å². The number of Topliss-reactive ketones (excluding diaryl/α,β-unsaturated/α-hetero) is 2. The molecule has 0 spiro atoms. The van der Waals surface area contributed by atoms with Gasteiger partial charge in [0.25, 0.3) is 0 Å². The van der Waals surface area contributed by atoms with Crippen molar-refractivity contribution < 1.29 is 14.2 Å². The van der Waals surface area contributed by atoms with Crippen LogP contribution in [0.5, 0.6) is 0 Å². The Hall–Kier alpha value is -2.81. The van der Waals surface area contributed by atoms with Crippen LogP contribution >= 0.6 is 0 Å². The highest BCUT2D eigenvalue weighted by molar-refractivity contribution is 5.97. The van der Waals surface area contributed by atoms with E-state index in [4.69, 9.17) is 0 Å². The molecule has 0 saturated carbocycles. The molecular formula is C23H24NO2+. The van der Waals surface area contributed by atoms with Crippen LogP contribution in [0.4, 0.5) is 0 Å². The molecule has 26 heavy (non-hydrogen) atoms. The number of hydrogen-bond acceptors (Lipinski definition) is 2. The summed E-state index contributed by atoms with van der Waals surface area (Å²) < 4.78 is 1.87. The molecule has 3 rings (SSSR count). The SMILES string of the molecule is CCCCCC(=O)c1ccc2ccccc2[n+]1CC(=O)c1ccccc1. The summed E-state index contributed by atoms with van der Waals surface area (Å²) in [6, 6.07) is 20.9. The van der Waals surface area contributed by atoms with Gasteiger partial charge in [-0.2, -0.15) is 4.57 Å². The molecule has 0 aliphatic carbocycles. The zero-order valence-electron chi connectivity index (χ0n) is 15.2. The average molecular weight is 346 g/mol. The molecule has 1 aromatic heterocycles. The van der Waals surface area contributed by atoms with Crippen molar-refractivity contribution in [2.45, 2.75) is 39.2 Å². The fourth-order valence-electron chi connectivity index (χ4n) is 3.20. The Morgan fingerprint density at radius 1 is 0.808 bits per heavy atom. The minimum atomic E-state index is 0.00885. The number of aromatic nitrogens is 1. The largest absolute Gasteiger partial charge is 0.287 e. The summed E-state index contributed by atoms with van der Waals surface area (Å²) in [6.45, 7) is 2.29. The quantitative estimate of drug-likeness (QED) is 0.335. The Balaban J connectivity index is 1.98. The van der Waals surface area contributed by atoms with E-state index in [-0.39, 0.29) is 18.1 Å². The monoisotopic (exact) mass is 346 g/mol. The minimum Gasteiger partial charge on any atom is -0.287 e. The number of benzene rings is 2. The molecule has 0 saturated heterocycles. The second-order valence-electron chi connectivity index (χ2n) is 6.53. The lowest BCUT2D eigenvalue weighted by molar-refractivity contribution is -0.659. The fraction of sp³-hybridized carbons (Fsp3) is 0.261. The van der Waals surface area contributed by atoms with Crippen LogP contribution in [0.15, 0.2) is 66.7 Å². The van der Waals surface area contributed by atoms with Gasteiger partial charge in [0.1, 0.15) is 0 Å². The van der Waals surface area contributed by atoms with Gasteiger partial charge in [0.15, 0.2) is 0 Å². The first kappa shape index (κ1) is 18.0. The molecule has 0 amide bonds. The van der Waals surface area contributed by atoms with Crippen LogP contribution < -0.4 is 4.57 Å². The number of nitrogens with zero attached hydrogens (tertiary/aromatic N) is 1. The summed E-state index contributed by atoms with van der Waals surface area (Å²) >= 11 is 0. The molecule has 2 aromatic carbocycles. The molecule has 1 heterocycles. The van der Waals surface area contributed by atoms with E-state index in [1.165, 1.54) is 0 Å². The Bertz CT molecular complexity index is 916. The van der Waals surface area contributed by atoms with Crippen molar-refractivity contribution in [1.82, 2.24) is 0 Å². The Labute approximate surface area is 154 Å². The molecular weight excluding hydrogens is 322 g/mol. The van der Waals surface area contributed by atoms with Crippen LogP contribution in [-0.2, 0) is 6.54 Å².